The molecule has 2 heterocycles. The van der Waals surface area contributed by atoms with Crippen molar-refractivity contribution in [2.75, 3.05) is 37.3 Å². The average molecular weight is 380 g/mol. The summed E-state index contributed by atoms with van der Waals surface area (Å²) in [6.45, 7) is 4.61. The molecule has 0 saturated carbocycles. The lowest BCUT2D eigenvalue weighted by atomic mass is 9.99. The van der Waals surface area contributed by atoms with Crippen LogP contribution in [0.2, 0.25) is 0 Å². The lowest BCUT2D eigenvalue weighted by Crippen LogP contribution is -2.45. The summed E-state index contributed by atoms with van der Waals surface area (Å²) in [5, 5.41) is 3.00. The molecular formula is C19H29N3O3S. The minimum Gasteiger partial charge on any atom is -0.368 e. The number of para-hydroxylation sites is 1. The highest BCUT2D eigenvalue weighted by molar-refractivity contribution is 7.88. The van der Waals surface area contributed by atoms with Crippen LogP contribution in [0.25, 0.3) is 0 Å². The molecular weight excluding hydrogens is 350 g/mol. The minimum absolute atomic E-state index is 0.0202. The van der Waals surface area contributed by atoms with E-state index in [2.05, 4.69) is 41.4 Å². The Labute approximate surface area is 156 Å². The van der Waals surface area contributed by atoms with Gasteiger partial charge in [-0.1, -0.05) is 18.2 Å². The molecule has 1 fully saturated rings. The van der Waals surface area contributed by atoms with Gasteiger partial charge in [0, 0.05) is 37.9 Å². The Morgan fingerprint density at radius 1 is 1.31 bits per heavy atom. The van der Waals surface area contributed by atoms with Crippen LogP contribution in [0.1, 0.15) is 31.7 Å². The van der Waals surface area contributed by atoms with Gasteiger partial charge in [0.05, 0.1) is 12.2 Å². The van der Waals surface area contributed by atoms with E-state index < -0.39 is 10.0 Å². The SMILES string of the molecule is C[C@H]1Cc2ccccc2N1CCCNC(=O)[C@@H]1CCCN(S(C)(=O)=O)C1. The summed E-state index contributed by atoms with van der Waals surface area (Å²) in [4.78, 5) is 14.8. The van der Waals surface area contributed by atoms with Crippen LogP contribution in [-0.4, -0.2) is 57.1 Å². The van der Waals surface area contributed by atoms with Crippen LogP contribution < -0.4 is 10.2 Å². The maximum atomic E-state index is 12.4. The van der Waals surface area contributed by atoms with Crippen LogP contribution in [0, 0.1) is 5.92 Å². The number of hydrogen-bond acceptors (Lipinski definition) is 4. The molecule has 26 heavy (non-hydrogen) atoms. The number of hydrogen-bond donors (Lipinski definition) is 1. The van der Waals surface area contributed by atoms with Gasteiger partial charge in [0.15, 0.2) is 0 Å². The number of amides is 1. The molecule has 1 aromatic carbocycles. The van der Waals surface area contributed by atoms with E-state index in [9.17, 15) is 13.2 Å². The van der Waals surface area contributed by atoms with Gasteiger partial charge in [0.25, 0.3) is 0 Å². The van der Waals surface area contributed by atoms with Crippen molar-refractivity contribution in [2.45, 2.75) is 38.6 Å². The molecule has 0 aromatic heterocycles. The second kappa shape index (κ2) is 7.96. The molecule has 7 heteroatoms. The highest BCUT2D eigenvalue weighted by Gasteiger charge is 2.30. The van der Waals surface area contributed by atoms with Gasteiger partial charge in [-0.15, -0.1) is 0 Å². The molecule has 0 aliphatic carbocycles. The molecule has 1 saturated heterocycles. The molecule has 1 amide bonds. The number of nitrogens with one attached hydrogen (secondary N) is 1. The molecule has 0 unspecified atom stereocenters. The van der Waals surface area contributed by atoms with Crippen LogP contribution in [0.4, 0.5) is 5.69 Å². The number of carbonyl (C=O) groups excluding carboxylic acids is 1. The summed E-state index contributed by atoms with van der Waals surface area (Å²) in [7, 11) is -3.22. The van der Waals surface area contributed by atoms with E-state index >= 15 is 0 Å². The molecule has 0 radical (unpaired) electrons. The van der Waals surface area contributed by atoms with Gasteiger partial charge in [-0.2, -0.15) is 0 Å². The van der Waals surface area contributed by atoms with Crippen LogP contribution in [0.3, 0.4) is 0 Å². The molecule has 2 atom stereocenters. The lowest BCUT2D eigenvalue weighted by Gasteiger charge is -2.30. The third-order valence-corrected chi connectivity index (χ3v) is 6.72. The third-order valence-electron chi connectivity index (χ3n) is 5.45. The van der Waals surface area contributed by atoms with Crippen molar-refractivity contribution in [2.24, 2.45) is 5.92 Å². The molecule has 0 bridgehead atoms. The van der Waals surface area contributed by atoms with Crippen molar-refractivity contribution >= 4 is 21.6 Å². The highest BCUT2D eigenvalue weighted by atomic mass is 32.2. The number of piperidine rings is 1. The van der Waals surface area contributed by atoms with Crippen molar-refractivity contribution in [1.29, 1.82) is 0 Å². The Kier molecular flexibility index (Phi) is 5.87. The van der Waals surface area contributed by atoms with Crippen molar-refractivity contribution in [1.82, 2.24) is 9.62 Å². The van der Waals surface area contributed by atoms with E-state index in [1.807, 2.05) is 0 Å². The largest absolute Gasteiger partial charge is 0.368 e. The van der Waals surface area contributed by atoms with Crippen molar-refractivity contribution < 1.29 is 13.2 Å². The van der Waals surface area contributed by atoms with Crippen LogP contribution >= 0.6 is 0 Å². The summed E-state index contributed by atoms with van der Waals surface area (Å²) in [5.74, 6) is -0.252. The third kappa shape index (κ3) is 4.38. The first-order chi connectivity index (χ1) is 12.4. The number of rotatable bonds is 6. The van der Waals surface area contributed by atoms with Crippen molar-refractivity contribution in [3.63, 3.8) is 0 Å². The molecule has 1 N–H and O–H groups in total. The zero-order chi connectivity index (χ0) is 18.7. The first kappa shape index (κ1) is 19.2. The average Bonchev–Trinajstić information content (AvgIpc) is 2.93. The fourth-order valence-electron chi connectivity index (χ4n) is 4.03. The number of carbonyl (C=O) groups is 1. The van der Waals surface area contributed by atoms with E-state index in [-0.39, 0.29) is 11.8 Å². The fraction of sp³-hybridized carbons (Fsp3) is 0.632. The van der Waals surface area contributed by atoms with Crippen molar-refractivity contribution in [3.05, 3.63) is 29.8 Å². The van der Waals surface area contributed by atoms with Crippen LogP contribution in [0.15, 0.2) is 24.3 Å². The second-order valence-corrected chi connectivity index (χ2v) is 9.46. The first-order valence-corrected chi connectivity index (χ1v) is 11.3. The van der Waals surface area contributed by atoms with Gasteiger partial charge in [-0.3, -0.25) is 4.79 Å². The quantitative estimate of drug-likeness (QED) is 0.763. The predicted octanol–water partition coefficient (Wildman–Crippen LogP) is 1.62. The summed E-state index contributed by atoms with van der Waals surface area (Å²) in [6.07, 6.45) is 4.67. The summed E-state index contributed by atoms with van der Waals surface area (Å²) in [5.41, 5.74) is 2.70. The van der Waals surface area contributed by atoms with Crippen LogP contribution in [-0.2, 0) is 21.2 Å². The Bertz CT molecular complexity index is 750. The standard InChI is InChI=1S/C19H29N3O3S/c1-15-13-16-7-3-4-9-18(16)22(15)12-6-10-20-19(23)17-8-5-11-21(14-17)26(2,24)25/h3-4,7,9,15,17H,5-6,8,10-14H2,1-2H3,(H,20,23)/t15-,17+/m0/s1. The fourth-order valence-corrected chi connectivity index (χ4v) is 4.94. The van der Waals surface area contributed by atoms with Gasteiger partial charge < -0.3 is 10.2 Å². The Morgan fingerprint density at radius 2 is 2.08 bits per heavy atom. The van der Waals surface area contributed by atoms with Gasteiger partial charge in [-0.25, -0.2) is 12.7 Å². The normalized spacial score (nSPS) is 23.7. The zero-order valence-corrected chi connectivity index (χ0v) is 16.5. The number of sulfonamides is 1. The van der Waals surface area contributed by atoms with Gasteiger partial charge in [0.2, 0.25) is 15.9 Å². The van der Waals surface area contributed by atoms with Gasteiger partial charge in [0.1, 0.15) is 0 Å². The van der Waals surface area contributed by atoms with Crippen LogP contribution in [0.5, 0.6) is 0 Å². The zero-order valence-electron chi connectivity index (χ0n) is 15.6. The van der Waals surface area contributed by atoms with Gasteiger partial charge >= 0.3 is 0 Å². The maximum Gasteiger partial charge on any atom is 0.224 e. The second-order valence-electron chi connectivity index (χ2n) is 7.48. The van der Waals surface area contributed by atoms with Crippen molar-refractivity contribution in [3.8, 4) is 0 Å². The predicted molar refractivity (Wildman–Crippen MR) is 104 cm³/mol. The molecule has 3 rings (SSSR count). The summed E-state index contributed by atoms with van der Waals surface area (Å²) >= 11 is 0. The Balaban J connectivity index is 1.44. The van der Waals surface area contributed by atoms with Gasteiger partial charge in [-0.05, 0) is 44.2 Å². The highest BCUT2D eigenvalue weighted by Crippen LogP contribution is 2.31. The van der Waals surface area contributed by atoms with E-state index in [0.717, 1.165) is 32.2 Å². The van der Waals surface area contributed by atoms with E-state index in [1.54, 1.807) is 0 Å². The van der Waals surface area contributed by atoms with E-state index in [4.69, 9.17) is 0 Å². The molecule has 2 aliphatic rings. The molecule has 0 spiro atoms. The number of anilines is 1. The number of benzene rings is 1. The molecule has 1 aromatic rings. The Morgan fingerprint density at radius 3 is 2.85 bits per heavy atom. The molecule has 144 valence electrons. The Hall–Kier alpha value is -1.60. The topological polar surface area (TPSA) is 69.7 Å². The van der Waals surface area contributed by atoms with E-state index in [1.165, 1.54) is 21.8 Å². The van der Waals surface area contributed by atoms with E-state index in [0.29, 0.717) is 25.7 Å². The summed E-state index contributed by atoms with van der Waals surface area (Å²) in [6, 6.07) is 9.00. The maximum absolute atomic E-state index is 12.4. The first-order valence-electron chi connectivity index (χ1n) is 9.43. The summed E-state index contributed by atoms with van der Waals surface area (Å²) < 4.78 is 24.8. The smallest absolute Gasteiger partial charge is 0.224 e. The number of fused-ring (bicyclic) bond motifs is 1. The number of nitrogens with zero attached hydrogens (tertiary/aromatic N) is 2. The minimum atomic E-state index is -3.22. The molecule has 6 nitrogen and oxygen atoms in total. The molecule has 2 aliphatic heterocycles. The monoisotopic (exact) mass is 379 g/mol. The lowest BCUT2D eigenvalue weighted by molar-refractivity contribution is -0.126.